The molecule has 7 heteroatoms. The van der Waals surface area contributed by atoms with E-state index in [2.05, 4.69) is 10.6 Å². The molecular formula is C11H19N3O4. The van der Waals surface area contributed by atoms with Crippen LogP contribution in [0.3, 0.4) is 0 Å². The van der Waals surface area contributed by atoms with Crippen LogP contribution >= 0.6 is 0 Å². The molecule has 0 aromatic heterocycles. The van der Waals surface area contributed by atoms with Gasteiger partial charge in [-0.25, -0.2) is 4.79 Å². The third-order valence-corrected chi connectivity index (χ3v) is 3.02. The summed E-state index contributed by atoms with van der Waals surface area (Å²) in [5, 5.41) is 13.6. The van der Waals surface area contributed by atoms with Crippen molar-refractivity contribution in [2.45, 2.75) is 38.3 Å². The van der Waals surface area contributed by atoms with E-state index in [0.29, 0.717) is 13.0 Å². The first-order valence-electron chi connectivity index (χ1n) is 5.99. The fourth-order valence-corrected chi connectivity index (χ4v) is 1.94. The summed E-state index contributed by atoms with van der Waals surface area (Å²) in [5.74, 6) is -1.32. The summed E-state index contributed by atoms with van der Waals surface area (Å²) in [6.07, 6.45) is 2.31. The van der Waals surface area contributed by atoms with E-state index < -0.39 is 24.1 Å². The molecule has 18 heavy (non-hydrogen) atoms. The summed E-state index contributed by atoms with van der Waals surface area (Å²) in [6, 6.07) is -1.98. The number of likely N-dealkylation sites (N-methyl/N-ethyl adjacent to an activating group) is 1. The van der Waals surface area contributed by atoms with Crippen molar-refractivity contribution in [3.8, 4) is 0 Å². The van der Waals surface area contributed by atoms with Gasteiger partial charge < -0.3 is 20.6 Å². The number of carboxylic acids is 1. The average molecular weight is 257 g/mol. The maximum absolute atomic E-state index is 11.9. The molecule has 1 rings (SSSR count). The summed E-state index contributed by atoms with van der Waals surface area (Å²) >= 11 is 0. The second-order valence-corrected chi connectivity index (χ2v) is 4.33. The smallest absolute Gasteiger partial charge is 0.325 e. The van der Waals surface area contributed by atoms with Crippen LogP contribution in [-0.4, -0.2) is 53.6 Å². The molecule has 1 saturated heterocycles. The van der Waals surface area contributed by atoms with Gasteiger partial charge in [0.15, 0.2) is 0 Å². The number of aliphatic carboxylic acids is 1. The summed E-state index contributed by atoms with van der Waals surface area (Å²) in [5.41, 5.74) is 0. The van der Waals surface area contributed by atoms with Crippen LogP contribution in [0.4, 0.5) is 4.79 Å². The highest BCUT2D eigenvalue weighted by Crippen LogP contribution is 2.17. The molecule has 7 nitrogen and oxygen atoms in total. The number of piperidine rings is 1. The van der Waals surface area contributed by atoms with E-state index in [1.54, 1.807) is 0 Å². The van der Waals surface area contributed by atoms with Gasteiger partial charge in [-0.1, -0.05) is 0 Å². The van der Waals surface area contributed by atoms with Crippen molar-refractivity contribution < 1.29 is 19.5 Å². The minimum atomic E-state index is -1.10. The molecule has 3 N–H and O–H groups in total. The highest BCUT2D eigenvalue weighted by molar-refractivity contribution is 5.88. The van der Waals surface area contributed by atoms with Crippen LogP contribution in [0.2, 0.25) is 0 Å². The Morgan fingerprint density at radius 2 is 2.00 bits per heavy atom. The van der Waals surface area contributed by atoms with Crippen molar-refractivity contribution in [2.24, 2.45) is 0 Å². The first kappa shape index (κ1) is 14.3. The Kier molecular flexibility index (Phi) is 4.94. The van der Waals surface area contributed by atoms with E-state index in [1.807, 2.05) is 0 Å². The Morgan fingerprint density at radius 1 is 1.33 bits per heavy atom. The topological polar surface area (TPSA) is 98.7 Å². The SMILES string of the molecule is CNC(=O)C1CCCCN1C(=O)N[C@@H](C)C(=O)O. The summed E-state index contributed by atoms with van der Waals surface area (Å²) in [4.78, 5) is 35.6. The van der Waals surface area contributed by atoms with Gasteiger partial charge in [0.25, 0.3) is 0 Å². The van der Waals surface area contributed by atoms with E-state index in [9.17, 15) is 14.4 Å². The van der Waals surface area contributed by atoms with E-state index in [4.69, 9.17) is 5.11 Å². The second kappa shape index (κ2) is 6.23. The first-order chi connectivity index (χ1) is 8.47. The van der Waals surface area contributed by atoms with E-state index >= 15 is 0 Å². The van der Waals surface area contributed by atoms with Crippen molar-refractivity contribution in [3.05, 3.63) is 0 Å². The molecule has 2 atom stereocenters. The van der Waals surface area contributed by atoms with Crippen molar-refractivity contribution in [2.75, 3.05) is 13.6 Å². The van der Waals surface area contributed by atoms with Gasteiger partial charge >= 0.3 is 12.0 Å². The quantitative estimate of drug-likeness (QED) is 0.650. The second-order valence-electron chi connectivity index (χ2n) is 4.33. The van der Waals surface area contributed by atoms with E-state index in [1.165, 1.54) is 18.9 Å². The van der Waals surface area contributed by atoms with E-state index in [-0.39, 0.29) is 5.91 Å². The van der Waals surface area contributed by atoms with Crippen molar-refractivity contribution in [1.82, 2.24) is 15.5 Å². The Bertz CT molecular complexity index is 345. The largest absolute Gasteiger partial charge is 0.480 e. The lowest BCUT2D eigenvalue weighted by Gasteiger charge is -2.34. The van der Waals surface area contributed by atoms with Gasteiger partial charge in [-0.15, -0.1) is 0 Å². The number of carbonyl (C=O) groups excluding carboxylic acids is 2. The van der Waals surface area contributed by atoms with Crippen molar-refractivity contribution in [3.63, 3.8) is 0 Å². The molecule has 0 bridgehead atoms. The monoisotopic (exact) mass is 257 g/mol. The first-order valence-corrected chi connectivity index (χ1v) is 5.99. The molecule has 1 unspecified atom stereocenters. The molecular weight excluding hydrogens is 238 g/mol. The van der Waals surface area contributed by atoms with E-state index in [0.717, 1.165) is 12.8 Å². The van der Waals surface area contributed by atoms with Crippen LogP contribution in [0.1, 0.15) is 26.2 Å². The number of carbonyl (C=O) groups is 3. The molecule has 0 spiro atoms. The van der Waals surface area contributed by atoms with Gasteiger partial charge in [-0.3, -0.25) is 9.59 Å². The van der Waals surface area contributed by atoms with Gasteiger partial charge in [-0.2, -0.15) is 0 Å². The fraction of sp³-hybridized carbons (Fsp3) is 0.727. The van der Waals surface area contributed by atoms with Gasteiger partial charge in [0.1, 0.15) is 12.1 Å². The molecule has 3 amide bonds. The molecule has 0 aliphatic carbocycles. The standard InChI is InChI=1S/C11H19N3O4/c1-7(10(16)17)13-11(18)14-6-4-3-5-8(14)9(15)12-2/h7-8H,3-6H2,1-2H3,(H,12,15)(H,13,18)(H,16,17)/t7-,8?/m0/s1. The minimum absolute atomic E-state index is 0.215. The number of hydrogen-bond acceptors (Lipinski definition) is 3. The average Bonchev–Trinajstić information content (AvgIpc) is 2.37. The summed E-state index contributed by atoms with van der Waals surface area (Å²) in [6.45, 7) is 1.86. The Morgan fingerprint density at radius 3 is 2.56 bits per heavy atom. The number of hydrogen-bond donors (Lipinski definition) is 3. The molecule has 1 fully saturated rings. The van der Waals surface area contributed by atoms with Crippen LogP contribution in [0.25, 0.3) is 0 Å². The molecule has 0 radical (unpaired) electrons. The molecule has 0 saturated carbocycles. The van der Waals surface area contributed by atoms with Crippen molar-refractivity contribution in [1.29, 1.82) is 0 Å². The summed E-state index contributed by atoms with van der Waals surface area (Å²) in [7, 11) is 1.52. The number of nitrogens with one attached hydrogen (secondary N) is 2. The van der Waals surface area contributed by atoms with Crippen LogP contribution in [-0.2, 0) is 9.59 Å². The zero-order chi connectivity index (χ0) is 13.7. The molecule has 1 aliphatic rings. The predicted octanol–water partition coefficient (Wildman–Crippen LogP) is -0.230. The van der Waals surface area contributed by atoms with Crippen LogP contribution in [0.5, 0.6) is 0 Å². The van der Waals surface area contributed by atoms with Crippen molar-refractivity contribution >= 4 is 17.9 Å². The number of amides is 3. The third kappa shape index (κ3) is 3.35. The molecule has 102 valence electrons. The third-order valence-electron chi connectivity index (χ3n) is 3.02. The normalized spacial score (nSPS) is 21.0. The van der Waals surface area contributed by atoms with Crippen LogP contribution < -0.4 is 10.6 Å². The number of nitrogens with zero attached hydrogens (tertiary/aromatic N) is 1. The zero-order valence-electron chi connectivity index (χ0n) is 10.6. The lowest BCUT2D eigenvalue weighted by atomic mass is 10.0. The predicted molar refractivity (Wildman–Crippen MR) is 64.0 cm³/mol. The lowest BCUT2D eigenvalue weighted by molar-refractivity contribution is -0.138. The zero-order valence-corrected chi connectivity index (χ0v) is 10.6. The number of likely N-dealkylation sites (tertiary alicyclic amines) is 1. The molecule has 0 aromatic carbocycles. The lowest BCUT2D eigenvalue weighted by Crippen LogP contribution is -2.56. The number of rotatable bonds is 3. The van der Waals surface area contributed by atoms with Gasteiger partial charge in [0.2, 0.25) is 5.91 Å². The summed E-state index contributed by atoms with van der Waals surface area (Å²) < 4.78 is 0. The van der Waals surface area contributed by atoms with Crippen LogP contribution in [0.15, 0.2) is 0 Å². The molecule has 0 aromatic rings. The maximum Gasteiger partial charge on any atom is 0.325 e. The maximum atomic E-state index is 11.9. The van der Waals surface area contributed by atoms with Gasteiger partial charge in [0, 0.05) is 13.6 Å². The fourth-order valence-electron chi connectivity index (χ4n) is 1.94. The Labute approximate surface area is 106 Å². The number of urea groups is 1. The van der Waals surface area contributed by atoms with Crippen LogP contribution in [0, 0.1) is 0 Å². The minimum Gasteiger partial charge on any atom is -0.480 e. The highest BCUT2D eigenvalue weighted by atomic mass is 16.4. The Balaban J connectivity index is 2.68. The Hall–Kier alpha value is -1.79. The highest BCUT2D eigenvalue weighted by Gasteiger charge is 2.32. The number of carboxylic acid groups (broad SMARTS) is 1. The molecule has 1 aliphatic heterocycles. The molecule has 1 heterocycles. The van der Waals surface area contributed by atoms with Gasteiger partial charge in [0.05, 0.1) is 0 Å². The van der Waals surface area contributed by atoms with Gasteiger partial charge in [-0.05, 0) is 26.2 Å².